The van der Waals surface area contributed by atoms with Gasteiger partial charge in [-0.05, 0) is 38.0 Å². The summed E-state index contributed by atoms with van der Waals surface area (Å²) in [6, 6.07) is 5.53. The van der Waals surface area contributed by atoms with Crippen LogP contribution in [0, 0.1) is 22.6 Å². The van der Waals surface area contributed by atoms with Gasteiger partial charge in [0.2, 0.25) is 5.91 Å². The van der Waals surface area contributed by atoms with Crippen LogP contribution in [0.5, 0.6) is 0 Å². The minimum Gasteiger partial charge on any atom is -0.327 e. The third-order valence-corrected chi connectivity index (χ3v) is 3.89. The Bertz CT molecular complexity index is 552. The Labute approximate surface area is 111 Å². The molecule has 0 saturated heterocycles. The average molecular weight is 261 g/mol. The van der Waals surface area contributed by atoms with Crippen molar-refractivity contribution in [2.45, 2.75) is 32.2 Å². The fraction of sp³-hybridized carbons (Fsp3) is 0.429. The lowest BCUT2D eigenvalue weighted by Gasteiger charge is -2.27. The number of carbonyl (C=O) groups is 1. The Hall–Kier alpha value is -1.93. The van der Waals surface area contributed by atoms with E-state index in [1.807, 2.05) is 6.92 Å². The number of carbonyl (C=O) groups excluding carboxylic acids is 1. The first kappa shape index (κ1) is 13.5. The lowest BCUT2D eigenvalue weighted by Crippen LogP contribution is -2.44. The van der Waals surface area contributed by atoms with Crippen LogP contribution >= 0.6 is 0 Å². The van der Waals surface area contributed by atoms with Crippen LogP contribution in [0.2, 0.25) is 0 Å². The molecule has 19 heavy (non-hydrogen) atoms. The summed E-state index contributed by atoms with van der Waals surface area (Å²) >= 11 is 0. The second-order valence-corrected chi connectivity index (χ2v) is 5.18. The van der Waals surface area contributed by atoms with Gasteiger partial charge < -0.3 is 11.1 Å². The molecule has 1 amide bonds. The van der Waals surface area contributed by atoms with E-state index < -0.39 is 11.2 Å². The molecule has 3 N–H and O–H groups in total. The van der Waals surface area contributed by atoms with Crippen molar-refractivity contribution in [1.29, 1.82) is 5.26 Å². The van der Waals surface area contributed by atoms with Crippen LogP contribution in [0.4, 0.5) is 10.1 Å². The third kappa shape index (κ3) is 2.45. The maximum absolute atomic E-state index is 13.2. The number of nitrogens with one attached hydrogen (secondary N) is 1. The SMILES string of the molecule is CC1(C(=O)Nc2ccc(F)c(C#N)c2)CCCC1N. The first-order chi connectivity index (χ1) is 8.97. The Kier molecular flexibility index (Phi) is 3.54. The molecule has 0 radical (unpaired) electrons. The van der Waals surface area contributed by atoms with Gasteiger partial charge in [-0.2, -0.15) is 5.26 Å². The van der Waals surface area contributed by atoms with E-state index in [1.54, 1.807) is 6.07 Å². The summed E-state index contributed by atoms with van der Waals surface area (Å²) in [7, 11) is 0. The molecule has 1 aliphatic rings. The summed E-state index contributed by atoms with van der Waals surface area (Å²) < 4.78 is 13.2. The van der Waals surface area contributed by atoms with Gasteiger partial charge in [0.1, 0.15) is 11.9 Å². The first-order valence-electron chi connectivity index (χ1n) is 6.24. The van der Waals surface area contributed by atoms with Gasteiger partial charge in [0.25, 0.3) is 0 Å². The standard InChI is InChI=1S/C14H16FN3O/c1-14(6-2-3-12(14)17)13(19)18-10-4-5-11(15)9(7-10)8-16/h4-5,7,12H,2-3,6,17H2,1H3,(H,18,19). The van der Waals surface area contributed by atoms with E-state index in [1.165, 1.54) is 18.2 Å². The van der Waals surface area contributed by atoms with E-state index in [0.29, 0.717) is 5.69 Å². The van der Waals surface area contributed by atoms with Crippen LogP contribution in [-0.2, 0) is 4.79 Å². The maximum Gasteiger partial charge on any atom is 0.231 e. The summed E-state index contributed by atoms with van der Waals surface area (Å²) in [5, 5.41) is 11.5. The molecular formula is C14H16FN3O. The number of nitrogens with zero attached hydrogens (tertiary/aromatic N) is 1. The molecule has 1 aliphatic carbocycles. The average Bonchev–Trinajstić information content (AvgIpc) is 2.73. The van der Waals surface area contributed by atoms with Gasteiger partial charge in [-0.15, -0.1) is 0 Å². The highest BCUT2D eigenvalue weighted by molar-refractivity contribution is 5.96. The van der Waals surface area contributed by atoms with Crippen molar-refractivity contribution >= 4 is 11.6 Å². The Morgan fingerprint density at radius 2 is 2.37 bits per heavy atom. The van der Waals surface area contributed by atoms with Crippen LogP contribution in [0.3, 0.4) is 0 Å². The van der Waals surface area contributed by atoms with E-state index >= 15 is 0 Å². The topological polar surface area (TPSA) is 78.9 Å². The van der Waals surface area contributed by atoms with Gasteiger partial charge in [-0.25, -0.2) is 4.39 Å². The zero-order valence-corrected chi connectivity index (χ0v) is 10.7. The Balaban J connectivity index is 2.18. The highest BCUT2D eigenvalue weighted by Gasteiger charge is 2.42. The number of anilines is 1. The maximum atomic E-state index is 13.2. The van der Waals surface area contributed by atoms with E-state index in [9.17, 15) is 9.18 Å². The van der Waals surface area contributed by atoms with Gasteiger partial charge in [0.05, 0.1) is 11.0 Å². The summed E-state index contributed by atoms with van der Waals surface area (Å²) in [5.74, 6) is -0.766. The minimum absolute atomic E-state index is 0.0846. The molecule has 0 aliphatic heterocycles. The molecule has 1 aromatic rings. The number of hydrogen-bond acceptors (Lipinski definition) is 3. The van der Waals surface area contributed by atoms with Gasteiger partial charge in [0, 0.05) is 11.7 Å². The van der Waals surface area contributed by atoms with E-state index in [4.69, 9.17) is 11.0 Å². The molecule has 0 bridgehead atoms. The summed E-state index contributed by atoms with van der Waals surface area (Å²) in [4.78, 5) is 12.3. The normalized spacial score (nSPS) is 25.9. The van der Waals surface area contributed by atoms with Crippen molar-refractivity contribution in [3.63, 3.8) is 0 Å². The molecule has 5 heteroatoms. The van der Waals surface area contributed by atoms with Crippen molar-refractivity contribution in [3.8, 4) is 6.07 Å². The van der Waals surface area contributed by atoms with Gasteiger partial charge >= 0.3 is 0 Å². The molecule has 0 spiro atoms. The number of halogens is 1. The number of benzene rings is 1. The summed E-state index contributed by atoms with van der Waals surface area (Å²) in [6.07, 6.45) is 2.50. The second kappa shape index (κ2) is 4.98. The van der Waals surface area contributed by atoms with Crippen molar-refractivity contribution in [2.24, 2.45) is 11.1 Å². The van der Waals surface area contributed by atoms with E-state index in [2.05, 4.69) is 5.32 Å². The predicted molar refractivity (Wildman–Crippen MR) is 69.7 cm³/mol. The summed E-state index contributed by atoms with van der Waals surface area (Å²) in [6.45, 7) is 1.84. The highest BCUT2D eigenvalue weighted by Crippen LogP contribution is 2.37. The molecule has 0 aromatic heterocycles. The number of amides is 1. The molecule has 1 fully saturated rings. The zero-order chi connectivity index (χ0) is 14.0. The Morgan fingerprint density at radius 1 is 1.63 bits per heavy atom. The number of nitrogens with two attached hydrogens (primary N) is 1. The van der Waals surface area contributed by atoms with Crippen molar-refractivity contribution < 1.29 is 9.18 Å². The predicted octanol–water partition coefficient (Wildman–Crippen LogP) is 2.15. The quantitative estimate of drug-likeness (QED) is 0.856. The van der Waals surface area contributed by atoms with Crippen LogP contribution in [0.1, 0.15) is 31.7 Å². The van der Waals surface area contributed by atoms with Crippen molar-refractivity contribution in [1.82, 2.24) is 0 Å². The van der Waals surface area contributed by atoms with E-state index in [-0.39, 0.29) is 17.5 Å². The molecular weight excluding hydrogens is 245 g/mol. The summed E-state index contributed by atoms with van der Waals surface area (Å²) in [5.41, 5.74) is 5.71. The fourth-order valence-electron chi connectivity index (χ4n) is 2.44. The molecule has 2 unspecified atom stereocenters. The molecule has 2 atom stereocenters. The monoisotopic (exact) mass is 261 g/mol. The molecule has 1 aromatic carbocycles. The van der Waals surface area contributed by atoms with Gasteiger partial charge in [-0.3, -0.25) is 4.79 Å². The van der Waals surface area contributed by atoms with Gasteiger partial charge in [-0.1, -0.05) is 6.42 Å². The smallest absolute Gasteiger partial charge is 0.231 e. The largest absolute Gasteiger partial charge is 0.327 e. The third-order valence-electron chi connectivity index (χ3n) is 3.89. The first-order valence-corrected chi connectivity index (χ1v) is 6.24. The number of hydrogen-bond donors (Lipinski definition) is 2. The lowest BCUT2D eigenvalue weighted by atomic mass is 9.84. The van der Waals surface area contributed by atoms with Crippen molar-refractivity contribution in [3.05, 3.63) is 29.6 Å². The van der Waals surface area contributed by atoms with Crippen LogP contribution in [-0.4, -0.2) is 11.9 Å². The molecule has 2 rings (SSSR count). The Morgan fingerprint density at radius 3 is 2.95 bits per heavy atom. The second-order valence-electron chi connectivity index (χ2n) is 5.18. The highest BCUT2D eigenvalue weighted by atomic mass is 19.1. The number of rotatable bonds is 2. The lowest BCUT2D eigenvalue weighted by molar-refractivity contribution is -0.125. The minimum atomic E-state index is -0.596. The van der Waals surface area contributed by atoms with Crippen LogP contribution in [0.25, 0.3) is 0 Å². The fourth-order valence-corrected chi connectivity index (χ4v) is 2.44. The van der Waals surface area contributed by atoms with Crippen LogP contribution < -0.4 is 11.1 Å². The molecule has 4 nitrogen and oxygen atoms in total. The molecule has 1 saturated carbocycles. The van der Waals surface area contributed by atoms with Crippen molar-refractivity contribution in [2.75, 3.05) is 5.32 Å². The zero-order valence-electron chi connectivity index (χ0n) is 10.7. The number of nitriles is 1. The molecule has 0 heterocycles. The van der Waals surface area contributed by atoms with Gasteiger partial charge in [0.15, 0.2) is 0 Å². The van der Waals surface area contributed by atoms with E-state index in [0.717, 1.165) is 19.3 Å². The van der Waals surface area contributed by atoms with Crippen LogP contribution in [0.15, 0.2) is 18.2 Å². The molecule has 100 valence electrons.